The Labute approximate surface area is 82.5 Å². The molecule has 0 fully saturated rings. The summed E-state index contributed by atoms with van der Waals surface area (Å²) in [6.45, 7) is 0.501. The zero-order chi connectivity index (χ0) is 9.52. The quantitative estimate of drug-likeness (QED) is 0.526. The summed E-state index contributed by atoms with van der Waals surface area (Å²) in [6.07, 6.45) is 1.73. The van der Waals surface area contributed by atoms with Crippen molar-refractivity contribution in [2.75, 3.05) is 12.5 Å². The van der Waals surface area contributed by atoms with Gasteiger partial charge in [-0.05, 0) is 18.9 Å². The molecule has 1 radical (unpaired) electrons. The molecule has 0 bridgehead atoms. The van der Waals surface area contributed by atoms with E-state index in [4.69, 9.17) is 16.3 Å². The summed E-state index contributed by atoms with van der Waals surface area (Å²) in [5, 5.41) is 0. The molecule has 0 unspecified atom stereocenters. The summed E-state index contributed by atoms with van der Waals surface area (Å²) in [5.41, 5.74) is 0. The molecule has 1 aromatic carbocycles. The predicted octanol–water partition coefficient (Wildman–Crippen LogP) is 3.02. The fourth-order valence-electron chi connectivity index (χ4n) is 0.891. The molecule has 0 aliphatic heterocycles. The van der Waals surface area contributed by atoms with Crippen LogP contribution in [-0.2, 0) is 0 Å². The molecule has 1 rings (SSSR count). The van der Waals surface area contributed by atoms with Gasteiger partial charge in [-0.25, -0.2) is 4.39 Å². The lowest BCUT2D eigenvalue weighted by Gasteiger charge is -2.05. The normalized spacial score (nSPS) is 10.0. The highest BCUT2D eigenvalue weighted by molar-refractivity contribution is 6.17. The molecule has 0 saturated heterocycles. The molecule has 0 saturated carbocycles. The van der Waals surface area contributed by atoms with Crippen LogP contribution in [0.5, 0.6) is 5.75 Å². The van der Waals surface area contributed by atoms with E-state index in [2.05, 4.69) is 6.07 Å². The van der Waals surface area contributed by atoms with Crippen molar-refractivity contribution in [2.24, 2.45) is 0 Å². The van der Waals surface area contributed by atoms with Crippen LogP contribution in [0, 0.1) is 11.9 Å². The minimum atomic E-state index is -0.437. The number of hydrogen-bond donors (Lipinski definition) is 0. The van der Waals surface area contributed by atoms with Gasteiger partial charge in [-0.15, -0.1) is 11.6 Å². The highest BCUT2D eigenvalue weighted by Crippen LogP contribution is 2.14. The number of halogens is 2. The monoisotopic (exact) mass is 201 g/mol. The second-order valence-corrected chi connectivity index (χ2v) is 2.97. The zero-order valence-corrected chi connectivity index (χ0v) is 7.98. The molecule has 71 valence electrons. The molecular formula is C10H11ClFO. The Morgan fingerprint density at radius 3 is 3.00 bits per heavy atom. The van der Waals surface area contributed by atoms with Gasteiger partial charge in [-0.2, -0.15) is 0 Å². The van der Waals surface area contributed by atoms with Gasteiger partial charge in [0.05, 0.1) is 6.61 Å². The van der Waals surface area contributed by atoms with E-state index in [-0.39, 0.29) is 5.75 Å². The van der Waals surface area contributed by atoms with Gasteiger partial charge in [0.1, 0.15) is 0 Å². The number of unbranched alkanes of at least 4 members (excludes halogenated alkanes) is 1. The molecule has 0 atom stereocenters. The van der Waals surface area contributed by atoms with Gasteiger partial charge in [0.25, 0.3) is 0 Å². The first-order chi connectivity index (χ1) is 6.34. The minimum absolute atomic E-state index is 0.261. The molecule has 1 aromatic rings. The number of benzene rings is 1. The Hall–Kier alpha value is -0.760. The smallest absolute Gasteiger partial charge is 0.172 e. The van der Waals surface area contributed by atoms with Crippen molar-refractivity contribution in [2.45, 2.75) is 12.8 Å². The Balaban J connectivity index is 2.32. The summed E-state index contributed by atoms with van der Waals surface area (Å²) in [7, 11) is 0. The number of alkyl halides is 1. The van der Waals surface area contributed by atoms with Crippen molar-refractivity contribution < 1.29 is 9.13 Å². The van der Waals surface area contributed by atoms with Crippen molar-refractivity contribution in [1.82, 2.24) is 0 Å². The lowest BCUT2D eigenvalue weighted by molar-refractivity contribution is 0.294. The molecule has 0 aliphatic rings. The van der Waals surface area contributed by atoms with Crippen LogP contribution < -0.4 is 4.74 Å². The number of ether oxygens (including phenoxy) is 1. The van der Waals surface area contributed by atoms with E-state index in [9.17, 15) is 4.39 Å². The van der Waals surface area contributed by atoms with Gasteiger partial charge in [0.2, 0.25) is 0 Å². The van der Waals surface area contributed by atoms with Crippen LogP contribution in [0.2, 0.25) is 0 Å². The average Bonchev–Trinajstić information content (AvgIpc) is 2.15. The van der Waals surface area contributed by atoms with E-state index < -0.39 is 5.82 Å². The van der Waals surface area contributed by atoms with E-state index in [1.54, 1.807) is 12.1 Å². The van der Waals surface area contributed by atoms with Crippen LogP contribution in [0.3, 0.4) is 0 Å². The third-order valence-corrected chi connectivity index (χ3v) is 1.82. The van der Waals surface area contributed by atoms with E-state index in [1.165, 1.54) is 6.07 Å². The fourth-order valence-corrected chi connectivity index (χ4v) is 1.08. The van der Waals surface area contributed by atoms with Crippen molar-refractivity contribution in [3.05, 3.63) is 30.1 Å². The third kappa shape index (κ3) is 3.64. The van der Waals surface area contributed by atoms with E-state index in [1.807, 2.05) is 0 Å². The second kappa shape index (κ2) is 5.81. The molecule has 0 aliphatic carbocycles. The largest absolute Gasteiger partial charge is 0.490 e. The molecule has 0 spiro atoms. The maximum atomic E-state index is 12.9. The standard InChI is InChI=1S/C10H11ClFO/c11-7-3-4-8-13-10-6-2-1-5-9(10)12/h1-2,6H,3-4,7-8H2. The van der Waals surface area contributed by atoms with Crippen LogP contribution in [-0.4, -0.2) is 12.5 Å². The number of hydrogen-bond acceptors (Lipinski definition) is 1. The second-order valence-electron chi connectivity index (χ2n) is 2.59. The Morgan fingerprint density at radius 1 is 1.46 bits per heavy atom. The van der Waals surface area contributed by atoms with Gasteiger partial charge >= 0.3 is 0 Å². The first-order valence-electron chi connectivity index (χ1n) is 4.19. The summed E-state index contributed by atoms with van der Waals surface area (Å²) in [6, 6.07) is 7.22. The summed E-state index contributed by atoms with van der Waals surface area (Å²) < 4.78 is 18.1. The molecule has 0 aromatic heterocycles. The SMILES string of the molecule is Fc1[c]cccc1OCCCCCl. The molecule has 0 amide bonds. The van der Waals surface area contributed by atoms with Gasteiger partial charge in [0, 0.05) is 11.9 Å². The first kappa shape index (κ1) is 10.3. The van der Waals surface area contributed by atoms with Crippen LogP contribution in [0.4, 0.5) is 4.39 Å². The Morgan fingerprint density at radius 2 is 2.31 bits per heavy atom. The number of rotatable bonds is 5. The topological polar surface area (TPSA) is 9.23 Å². The highest BCUT2D eigenvalue weighted by atomic mass is 35.5. The van der Waals surface area contributed by atoms with Gasteiger partial charge < -0.3 is 4.74 Å². The molecule has 0 heterocycles. The zero-order valence-electron chi connectivity index (χ0n) is 7.22. The van der Waals surface area contributed by atoms with Crippen molar-refractivity contribution in [3.63, 3.8) is 0 Å². The summed E-state index contributed by atoms with van der Waals surface area (Å²) >= 11 is 5.48. The lowest BCUT2D eigenvalue weighted by Crippen LogP contribution is -1.99. The van der Waals surface area contributed by atoms with Crippen molar-refractivity contribution in [3.8, 4) is 5.75 Å². The van der Waals surface area contributed by atoms with Crippen molar-refractivity contribution >= 4 is 11.6 Å². The highest BCUT2D eigenvalue weighted by Gasteiger charge is 2.00. The maximum absolute atomic E-state index is 12.9. The van der Waals surface area contributed by atoms with Crippen LogP contribution in [0.1, 0.15) is 12.8 Å². The molecule has 13 heavy (non-hydrogen) atoms. The van der Waals surface area contributed by atoms with Crippen LogP contribution in [0.25, 0.3) is 0 Å². The van der Waals surface area contributed by atoms with Gasteiger partial charge in [-0.1, -0.05) is 12.1 Å². The van der Waals surface area contributed by atoms with E-state index in [0.717, 1.165) is 12.8 Å². The van der Waals surface area contributed by atoms with Crippen LogP contribution in [0.15, 0.2) is 18.2 Å². The Kier molecular flexibility index (Phi) is 4.61. The maximum Gasteiger partial charge on any atom is 0.172 e. The minimum Gasteiger partial charge on any atom is -0.490 e. The average molecular weight is 202 g/mol. The first-order valence-corrected chi connectivity index (χ1v) is 4.73. The molecule has 0 N–H and O–H groups in total. The van der Waals surface area contributed by atoms with Crippen LogP contribution >= 0.6 is 11.6 Å². The molecule has 1 nitrogen and oxygen atoms in total. The molecular weight excluding hydrogens is 191 g/mol. The van der Waals surface area contributed by atoms with Crippen molar-refractivity contribution in [1.29, 1.82) is 0 Å². The summed E-state index contributed by atoms with van der Waals surface area (Å²) in [5.74, 6) is 0.442. The van der Waals surface area contributed by atoms with E-state index >= 15 is 0 Å². The van der Waals surface area contributed by atoms with Gasteiger partial charge in [0.15, 0.2) is 11.6 Å². The predicted molar refractivity (Wildman–Crippen MR) is 50.7 cm³/mol. The Bertz CT molecular complexity index is 252. The fraction of sp³-hybridized carbons (Fsp3) is 0.400. The van der Waals surface area contributed by atoms with E-state index in [0.29, 0.717) is 12.5 Å². The lowest BCUT2D eigenvalue weighted by atomic mass is 10.3. The third-order valence-electron chi connectivity index (χ3n) is 1.56. The molecule has 3 heteroatoms. The summed E-state index contributed by atoms with van der Waals surface area (Å²) in [4.78, 5) is 0. The van der Waals surface area contributed by atoms with Gasteiger partial charge in [-0.3, -0.25) is 0 Å².